The number of carbonyl (C=O) groups excluding carboxylic acids is 2. The van der Waals surface area contributed by atoms with Gasteiger partial charge in [0.25, 0.3) is 0 Å². The fourth-order valence-corrected chi connectivity index (χ4v) is 3.76. The van der Waals surface area contributed by atoms with E-state index in [2.05, 4.69) is 15.9 Å². The first-order chi connectivity index (χ1) is 14.2. The number of hydrogen-bond acceptors (Lipinski definition) is 5. The van der Waals surface area contributed by atoms with Crippen molar-refractivity contribution in [1.29, 1.82) is 0 Å². The molecule has 160 valence electrons. The summed E-state index contributed by atoms with van der Waals surface area (Å²) in [6.07, 6.45) is 0.347. The molecule has 2 aromatic rings. The lowest BCUT2D eigenvalue weighted by molar-refractivity contribution is -0.157. The van der Waals surface area contributed by atoms with Crippen molar-refractivity contribution in [2.75, 3.05) is 13.2 Å². The molecule has 0 N–H and O–H groups in total. The van der Waals surface area contributed by atoms with E-state index < -0.39 is 11.6 Å². The molecule has 0 unspecified atom stereocenters. The zero-order chi connectivity index (χ0) is 21.7. The van der Waals surface area contributed by atoms with Crippen LogP contribution >= 0.6 is 15.9 Å². The number of ether oxygens (including phenoxy) is 3. The maximum atomic E-state index is 12.5. The fraction of sp³-hybridized carbons (Fsp3) is 0.391. The van der Waals surface area contributed by atoms with Gasteiger partial charge < -0.3 is 19.1 Å². The second-order valence-electron chi connectivity index (χ2n) is 8.13. The number of halogens is 1. The van der Waals surface area contributed by atoms with Crippen LogP contribution in [-0.4, -0.2) is 35.7 Å². The van der Waals surface area contributed by atoms with Crippen molar-refractivity contribution in [1.82, 2.24) is 4.90 Å². The lowest BCUT2D eigenvalue weighted by Gasteiger charge is -2.29. The highest BCUT2D eigenvalue weighted by atomic mass is 79.9. The van der Waals surface area contributed by atoms with E-state index in [9.17, 15) is 9.59 Å². The van der Waals surface area contributed by atoms with Gasteiger partial charge in [-0.3, -0.25) is 0 Å². The number of nitrogens with zero attached hydrogens (tertiary/aromatic N) is 1. The van der Waals surface area contributed by atoms with E-state index in [1.807, 2.05) is 63.2 Å². The summed E-state index contributed by atoms with van der Waals surface area (Å²) in [5, 5.41) is 0. The normalized spacial score (nSPS) is 13.4. The maximum absolute atomic E-state index is 12.5. The van der Waals surface area contributed by atoms with Gasteiger partial charge in [-0.25, -0.2) is 9.59 Å². The molecule has 0 saturated heterocycles. The molecule has 2 aromatic carbocycles. The Balaban J connectivity index is 1.58. The Morgan fingerprint density at radius 2 is 1.87 bits per heavy atom. The van der Waals surface area contributed by atoms with Gasteiger partial charge in [-0.15, -0.1) is 0 Å². The molecule has 0 saturated carbocycles. The second-order valence-corrected chi connectivity index (χ2v) is 8.98. The monoisotopic (exact) mass is 475 g/mol. The number of hydrogen-bond donors (Lipinski definition) is 0. The van der Waals surface area contributed by atoms with Crippen LogP contribution in [0, 0.1) is 0 Å². The van der Waals surface area contributed by atoms with Crippen molar-refractivity contribution in [3.63, 3.8) is 0 Å². The molecular formula is C23H26BrNO5. The minimum atomic E-state index is -0.546. The van der Waals surface area contributed by atoms with Gasteiger partial charge in [-0.1, -0.05) is 46.3 Å². The van der Waals surface area contributed by atoms with Crippen molar-refractivity contribution in [3.05, 3.63) is 63.6 Å². The average molecular weight is 476 g/mol. The molecule has 1 aliphatic rings. The van der Waals surface area contributed by atoms with Gasteiger partial charge in [-0.2, -0.15) is 0 Å². The summed E-state index contributed by atoms with van der Waals surface area (Å²) in [7, 11) is 0. The first kappa shape index (κ1) is 22.2. The molecule has 1 aliphatic heterocycles. The molecule has 1 heterocycles. The Kier molecular flexibility index (Phi) is 7.02. The van der Waals surface area contributed by atoms with Gasteiger partial charge in [0.1, 0.15) is 18.0 Å². The Labute approximate surface area is 185 Å². The van der Waals surface area contributed by atoms with E-state index in [1.54, 1.807) is 4.90 Å². The first-order valence-corrected chi connectivity index (χ1v) is 10.6. The number of esters is 1. The van der Waals surface area contributed by atoms with E-state index >= 15 is 0 Å². The Hall–Kier alpha value is -2.54. The molecule has 0 spiro atoms. The third kappa shape index (κ3) is 6.23. The smallest absolute Gasteiger partial charge is 0.410 e. The molecule has 0 radical (unpaired) electrons. The predicted octanol–water partition coefficient (Wildman–Crippen LogP) is 4.86. The lowest BCUT2D eigenvalue weighted by atomic mass is 10.00. The number of rotatable bonds is 5. The summed E-state index contributed by atoms with van der Waals surface area (Å²) in [6, 6.07) is 13.3. The van der Waals surface area contributed by atoms with E-state index in [4.69, 9.17) is 14.2 Å². The summed E-state index contributed by atoms with van der Waals surface area (Å²) in [6.45, 7) is 6.56. The standard InChI is InChI=1S/C23H26BrNO5/c1-23(2,3)30-21(26)15-28-18-11-17-9-10-25(13-19(17)20(24)12-18)22(27)29-14-16-7-5-4-6-8-16/h4-8,11-12H,9-10,13-15H2,1-3H3. The highest BCUT2D eigenvalue weighted by molar-refractivity contribution is 9.10. The van der Waals surface area contributed by atoms with Crippen LogP contribution < -0.4 is 4.74 Å². The van der Waals surface area contributed by atoms with Crippen molar-refractivity contribution < 1.29 is 23.8 Å². The van der Waals surface area contributed by atoms with Crippen LogP contribution in [0.4, 0.5) is 4.79 Å². The third-order valence-corrected chi connectivity index (χ3v) is 5.21. The number of amides is 1. The minimum absolute atomic E-state index is 0.152. The molecule has 0 fully saturated rings. The summed E-state index contributed by atoms with van der Waals surface area (Å²) in [5.41, 5.74) is 2.50. The van der Waals surface area contributed by atoms with Crippen LogP contribution in [0.15, 0.2) is 46.9 Å². The average Bonchev–Trinajstić information content (AvgIpc) is 2.70. The SMILES string of the molecule is CC(C)(C)OC(=O)COc1cc(Br)c2c(c1)CCN(C(=O)OCc1ccccc1)C2. The molecule has 7 heteroatoms. The zero-order valence-corrected chi connectivity index (χ0v) is 19.0. The molecule has 1 amide bonds. The lowest BCUT2D eigenvalue weighted by Crippen LogP contribution is -2.36. The Bertz CT molecular complexity index is 908. The summed E-state index contributed by atoms with van der Waals surface area (Å²) < 4.78 is 17.2. The van der Waals surface area contributed by atoms with Crippen molar-refractivity contribution >= 4 is 28.0 Å². The molecule has 0 bridgehead atoms. The van der Waals surface area contributed by atoms with Gasteiger partial charge in [-0.05, 0) is 56.0 Å². The van der Waals surface area contributed by atoms with E-state index in [-0.39, 0.29) is 19.3 Å². The van der Waals surface area contributed by atoms with Crippen LogP contribution in [-0.2, 0) is 33.8 Å². The van der Waals surface area contributed by atoms with Crippen LogP contribution in [0.3, 0.4) is 0 Å². The van der Waals surface area contributed by atoms with Crippen LogP contribution in [0.25, 0.3) is 0 Å². The molecular weight excluding hydrogens is 450 g/mol. The molecule has 30 heavy (non-hydrogen) atoms. The first-order valence-electron chi connectivity index (χ1n) is 9.83. The molecule has 3 rings (SSSR count). The molecule has 0 aliphatic carbocycles. The van der Waals surface area contributed by atoms with E-state index in [0.29, 0.717) is 25.3 Å². The summed E-state index contributed by atoms with van der Waals surface area (Å²) in [4.78, 5) is 26.0. The van der Waals surface area contributed by atoms with Crippen LogP contribution in [0.1, 0.15) is 37.5 Å². The summed E-state index contributed by atoms with van der Waals surface area (Å²) in [5.74, 6) is 0.176. The van der Waals surface area contributed by atoms with Crippen molar-refractivity contribution in [2.45, 2.75) is 45.9 Å². The maximum Gasteiger partial charge on any atom is 0.410 e. The topological polar surface area (TPSA) is 65.1 Å². The van der Waals surface area contributed by atoms with Gasteiger partial charge in [0.05, 0.1) is 6.54 Å². The molecule has 0 aromatic heterocycles. The van der Waals surface area contributed by atoms with Gasteiger partial charge >= 0.3 is 12.1 Å². The number of carbonyl (C=O) groups is 2. The van der Waals surface area contributed by atoms with Gasteiger partial charge in [0, 0.05) is 11.0 Å². The largest absolute Gasteiger partial charge is 0.482 e. The zero-order valence-electron chi connectivity index (χ0n) is 17.4. The fourth-order valence-electron chi connectivity index (χ4n) is 3.15. The second kappa shape index (κ2) is 9.51. The molecule has 0 atom stereocenters. The number of fused-ring (bicyclic) bond motifs is 1. The van der Waals surface area contributed by atoms with Crippen molar-refractivity contribution in [2.24, 2.45) is 0 Å². The van der Waals surface area contributed by atoms with Crippen LogP contribution in [0.5, 0.6) is 5.75 Å². The quantitative estimate of drug-likeness (QED) is 0.577. The van der Waals surface area contributed by atoms with E-state index in [1.165, 1.54) is 0 Å². The predicted molar refractivity (Wildman–Crippen MR) is 116 cm³/mol. The van der Waals surface area contributed by atoms with E-state index in [0.717, 1.165) is 21.2 Å². The third-order valence-electron chi connectivity index (χ3n) is 4.50. The highest BCUT2D eigenvalue weighted by Gasteiger charge is 2.24. The number of benzene rings is 2. The minimum Gasteiger partial charge on any atom is -0.482 e. The van der Waals surface area contributed by atoms with Crippen LogP contribution in [0.2, 0.25) is 0 Å². The summed E-state index contributed by atoms with van der Waals surface area (Å²) >= 11 is 3.57. The molecule has 6 nitrogen and oxygen atoms in total. The van der Waals surface area contributed by atoms with Gasteiger partial charge in [0.2, 0.25) is 0 Å². The highest BCUT2D eigenvalue weighted by Crippen LogP contribution is 2.32. The van der Waals surface area contributed by atoms with Gasteiger partial charge in [0.15, 0.2) is 6.61 Å². The Morgan fingerprint density at radius 3 is 2.57 bits per heavy atom. The Morgan fingerprint density at radius 1 is 1.13 bits per heavy atom. The van der Waals surface area contributed by atoms with Crippen molar-refractivity contribution in [3.8, 4) is 5.75 Å².